The summed E-state index contributed by atoms with van der Waals surface area (Å²) in [6.07, 6.45) is 6.38. The fraction of sp³-hybridized carbons (Fsp3) is 0.172. The quantitative estimate of drug-likeness (QED) is 0.200. The van der Waals surface area contributed by atoms with Crippen molar-refractivity contribution < 1.29 is 12.8 Å². The van der Waals surface area contributed by atoms with Crippen molar-refractivity contribution in [3.63, 3.8) is 0 Å². The molecule has 6 aromatic rings. The first-order chi connectivity index (χ1) is 19.8. The standard InChI is InChI=1S/C29H27FN8O2S/c1-3-31-13-18-9-21(16-32-14-18)19-4-5-25-24(12-19)27(38-37-25)29-35-26-23(6-7-33-28(26)36-29)20-8-17(10-22(30)11-20)15-34-41(2,39)40/h4-12,14,16,31,34H,3,13,15H2,1-2H3,(H,37,38)(H,33,35,36). The third kappa shape index (κ3) is 5.71. The molecule has 6 rings (SSSR count). The van der Waals surface area contributed by atoms with Crippen molar-refractivity contribution in [2.45, 2.75) is 20.0 Å². The maximum atomic E-state index is 14.6. The second-order valence-electron chi connectivity index (χ2n) is 9.78. The number of pyridine rings is 2. The van der Waals surface area contributed by atoms with Crippen LogP contribution in [0.15, 0.2) is 67.1 Å². The molecule has 12 heteroatoms. The summed E-state index contributed by atoms with van der Waals surface area (Å²) in [4.78, 5) is 16.9. The van der Waals surface area contributed by atoms with Gasteiger partial charge in [0, 0.05) is 48.2 Å². The van der Waals surface area contributed by atoms with Crippen molar-refractivity contribution >= 4 is 32.1 Å². The molecule has 0 aliphatic rings. The monoisotopic (exact) mass is 570 g/mol. The Labute approximate surface area is 235 Å². The Balaban J connectivity index is 1.39. The number of aromatic amines is 2. The van der Waals surface area contributed by atoms with Crippen molar-refractivity contribution in [2.24, 2.45) is 0 Å². The van der Waals surface area contributed by atoms with Gasteiger partial charge in [0.25, 0.3) is 0 Å². The fourth-order valence-electron chi connectivity index (χ4n) is 4.76. The van der Waals surface area contributed by atoms with E-state index in [0.717, 1.165) is 46.9 Å². The number of sulfonamides is 1. The number of nitrogens with one attached hydrogen (secondary N) is 4. The minimum Gasteiger partial charge on any atom is -0.321 e. The number of aromatic nitrogens is 6. The van der Waals surface area contributed by atoms with Crippen LogP contribution in [0.4, 0.5) is 4.39 Å². The number of benzene rings is 2. The molecule has 0 bridgehead atoms. The summed E-state index contributed by atoms with van der Waals surface area (Å²) in [7, 11) is -3.43. The van der Waals surface area contributed by atoms with Gasteiger partial charge in [-0.1, -0.05) is 13.0 Å². The number of H-pyrrole nitrogens is 2. The summed E-state index contributed by atoms with van der Waals surface area (Å²) < 4.78 is 40.0. The molecule has 4 heterocycles. The van der Waals surface area contributed by atoms with Gasteiger partial charge in [0.15, 0.2) is 11.5 Å². The Hall–Kier alpha value is -4.52. The topological polar surface area (TPSA) is 141 Å². The molecule has 208 valence electrons. The first-order valence-corrected chi connectivity index (χ1v) is 14.9. The molecular formula is C29H27FN8O2S. The smallest absolute Gasteiger partial charge is 0.209 e. The highest BCUT2D eigenvalue weighted by molar-refractivity contribution is 7.88. The van der Waals surface area contributed by atoms with Crippen LogP contribution in [0.3, 0.4) is 0 Å². The zero-order valence-electron chi connectivity index (χ0n) is 22.4. The molecular weight excluding hydrogens is 543 g/mol. The van der Waals surface area contributed by atoms with Crippen LogP contribution in [-0.4, -0.2) is 51.4 Å². The van der Waals surface area contributed by atoms with E-state index in [1.807, 2.05) is 24.5 Å². The molecule has 0 saturated carbocycles. The Morgan fingerprint density at radius 2 is 1.80 bits per heavy atom. The van der Waals surface area contributed by atoms with Crippen LogP contribution >= 0.6 is 0 Å². The second-order valence-corrected chi connectivity index (χ2v) is 11.6. The summed E-state index contributed by atoms with van der Waals surface area (Å²) in [5.41, 5.74) is 7.32. The molecule has 2 aromatic carbocycles. The molecule has 0 radical (unpaired) electrons. The zero-order chi connectivity index (χ0) is 28.6. The third-order valence-corrected chi connectivity index (χ3v) is 7.35. The van der Waals surface area contributed by atoms with Crippen LogP contribution in [-0.2, 0) is 23.1 Å². The molecule has 0 fully saturated rings. The van der Waals surface area contributed by atoms with E-state index >= 15 is 0 Å². The Kier molecular flexibility index (Phi) is 7.03. The highest BCUT2D eigenvalue weighted by Gasteiger charge is 2.17. The molecule has 41 heavy (non-hydrogen) atoms. The molecule has 4 aromatic heterocycles. The summed E-state index contributed by atoms with van der Waals surface area (Å²) in [5.74, 6) is 0.0288. The first-order valence-electron chi connectivity index (χ1n) is 13.0. The maximum Gasteiger partial charge on any atom is 0.209 e. The Morgan fingerprint density at radius 1 is 0.951 bits per heavy atom. The van der Waals surface area contributed by atoms with Crippen molar-refractivity contribution in [1.82, 2.24) is 40.2 Å². The van der Waals surface area contributed by atoms with E-state index in [-0.39, 0.29) is 6.54 Å². The first kappa shape index (κ1) is 26.7. The van der Waals surface area contributed by atoms with Gasteiger partial charge in [0.2, 0.25) is 10.0 Å². The summed E-state index contributed by atoms with van der Waals surface area (Å²) in [5, 5.41) is 11.8. The lowest BCUT2D eigenvalue weighted by Gasteiger charge is -2.08. The fourth-order valence-corrected chi connectivity index (χ4v) is 5.19. The SMILES string of the molecule is CCNCc1cncc(-c2ccc3[nH]nc(-c4nc5c(-c6cc(F)cc(CNS(C)(=O)=O)c6)ccnc5[nH]4)c3c2)c1. The van der Waals surface area contributed by atoms with Gasteiger partial charge in [-0.2, -0.15) is 5.10 Å². The third-order valence-electron chi connectivity index (χ3n) is 6.69. The number of hydrogen-bond acceptors (Lipinski definition) is 7. The van der Waals surface area contributed by atoms with E-state index in [2.05, 4.69) is 54.2 Å². The van der Waals surface area contributed by atoms with E-state index in [1.165, 1.54) is 12.1 Å². The van der Waals surface area contributed by atoms with Crippen molar-refractivity contribution in [3.05, 3.63) is 84.1 Å². The predicted molar refractivity (Wildman–Crippen MR) is 157 cm³/mol. The lowest BCUT2D eigenvalue weighted by molar-refractivity contribution is 0.586. The van der Waals surface area contributed by atoms with E-state index < -0.39 is 15.8 Å². The average Bonchev–Trinajstić information content (AvgIpc) is 3.58. The van der Waals surface area contributed by atoms with Crippen LogP contribution in [0.5, 0.6) is 0 Å². The van der Waals surface area contributed by atoms with Crippen molar-refractivity contribution in [3.8, 4) is 33.8 Å². The largest absolute Gasteiger partial charge is 0.321 e. The lowest BCUT2D eigenvalue weighted by Crippen LogP contribution is -2.21. The molecule has 0 spiro atoms. The minimum absolute atomic E-state index is 0.0290. The van der Waals surface area contributed by atoms with E-state index in [1.54, 1.807) is 18.3 Å². The van der Waals surface area contributed by atoms with Crippen LogP contribution in [0.2, 0.25) is 0 Å². The predicted octanol–water partition coefficient (Wildman–Crippen LogP) is 4.53. The van der Waals surface area contributed by atoms with Gasteiger partial charge in [-0.15, -0.1) is 0 Å². The van der Waals surface area contributed by atoms with Gasteiger partial charge < -0.3 is 10.3 Å². The summed E-state index contributed by atoms with van der Waals surface area (Å²) >= 11 is 0. The molecule has 0 atom stereocenters. The molecule has 4 N–H and O–H groups in total. The lowest BCUT2D eigenvalue weighted by atomic mass is 10.0. The number of imidazole rings is 1. The van der Waals surface area contributed by atoms with Gasteiger partial charge in [-0.05, 0) is 71.3 Å². The van der Waals surface area contributed by atoms with Crippen molar-refractivity contribution in [1.29, 1.82) is 0 Å². The normalized spacial score (nSPS) is 12.0. The highest BCUT2D eigenvalue weighted by Crippen LogP contribution is 2.33. The molecule has 10 nitrogen and oxygen atoms in total. The van der Waals surface area contributed by atoms with Gasteiger partial charge in [-0.3, -0.25) is 10.1 Å². The van der Waals surface area contributed by atoms with Crippen LogP contribution in [0, 0.1) is 5.82 Å². The van der Waals surface area contributed by atoms with Gasteiger partial charge in [0.05, 0.1) is 11.8 Å². The van der Waals surface area contributed by atoms with Gasteiger partial charge in [-0.25, -0.2) is 27.5 Å². The molecule has 0 aliphatic heterocycles. The van der Waals surface area contributed by atoms with E-state index in [0.29, 0.717) is 39.4 Å². The Bertz CT molecular complexity index is 2000. The number of fused-ring (bicyclic) bond motifs is 2. The highest BCUT2D eigenvalue weighted by atomic mass is 32.2. The average molecular weight is 571 g/mol. The number of halogens is 1. The zero-order valence-corrected chi connectivity index (χ0v) is 23.2. The molecule has 0 aliphatic carbocycles. The summed E-state index contributed by atoms with van der Waals surface area (Å²) in [6.45, 7) is 3.66. The van der Waals surface area contributed by atoms with Gasteiger partial charge >= 0.3 is 0 Å². The van der Waals surface area contributed by atoms with Crippen molar-refractivity contribution in [2.75, 3.05) is 12.8 Å². The minimum atomic E-state index is -3.43. The number of nitrogens with zero attached hydrogens (tertiary/aromatic N) is 4. The van der Waals surface area contributed by atoms with Crippen LogP contribution < -0.4 is 10.0 Å². The van der Waals surface area contributed by atoms with E-state index in [9.17, 15) is 12.8 Å². The Morgan fingerprint density at radius 3 is 2.63 bits per heavy atom. The van der Waals surface area contributed by atoms with Crippen LogP contribution in [0.1, 0.15) is 18.1 Å². The molecule has 0 amide bonds. The van der Waals surface area contributed by atoms with E-state index in [4.69, 9.17) is 4.98 Å². The number of hydrogen-bond donors (Lipinski definition) is 4. The van der Waals surface area contributed by atoms with Crippen LogP contribution in [0.25, 0.3) is 55.8 Å². The second kappa shape index (κ2) is 10.8. The maximum absolute atomic E-state index is 14.6. The number of rotatable bonds is 9. The molecule has 0 saturated heterocycles. The van der Waals surface area contributed by atoms with Gasteiger partial charge in [0.1, 0.15) is 17.0 Å². The summed E-state index contributed by atoms with van der Waals surface area (Å²) in [6, 6.07) is 14.4. The molecule has 0 unspecified atom stereocenters.